The lowest BCUT2D eigenvalue weighted by Crippen LogP contribution is -2.17. The van der Waals surface area contributed by atoms with Crippen LogP contribution in [0, 0.1) is 0 Å². The normalized spacial score (nSPS) is 11.7. The fourth-order valence-corrected chi connectivity index (χ4v) is 6.21. The summed E-state index contributed by atoms with van der Waals surface area (Å²) in [6.45, 7) is 0.448. The molecule has 0 radical (unpaired) electrons. The van der Waals surface area contributed by atoms with E-state index in [0.717, 1.165) is 31.7 Å². The van der Waals surface area contributed by atoms with Crippen molar-refractivity contribution in [3.8, 4) is 44.8 Å². The highest BCUT2D eigenvalue weighted by molar-refractivity contribution is 9.10. The molecule has 0 aliphatic rings. The Kier molecular flexibility index (Phi) is 8.17. The van der Waals surface area contributed by atoms with E-state index < -0.39 is 0 Å². The van der Waals surface area contributed by atoms with E-state index >= 15 is 0 Å². The van der Waals surface area contributed by atoms with Gasteiger partial charge in [-0.25, -0.2) is 19.9 Å². The summed E-state index contributed by atoms with van der Waals surface area (Å²) in [7, 11) is 0. The second-order valence-corrected chi connectivity index (χ2v) is 12.2. The van der Waals surface area contributed by atoms with E-state index in [2.05, 4.69) is 57.2 Å². The van der Waals surface area contributed by atoms with Crippen LogP contribution in [0.25, 0.3) is 33.3 Å². The third-order valence-electron chi connectivity index (χ3n) is 6.48. The van der Waals surface area contributed by atoms with Crippen LogP contribution in [0.15, 0.2) is 94.4 Å². The predicted molar refractivity (Wildman–Crippen MR) is 173 cm³/mol. The summed E-state index contributed by atoms with van der Waals surface area (Å²) in [4.78, 5) is 5.54. The standard InChI is InChI=1S/C29H18BrCl2N11OS/c30-23-11-16(7-9-22(23)27-36-41-42-37-27)15-43-29(33-19-8-10-24(31)25(32)14-19)45-28(38-43)18-4-2-6-21(13-18)44-20-5-1-3-17(12-20)26-34-39-40-35-26/h1-14H,15H2,(H,34,35,39,40)(H,36,37,41,42)/b33-29+. The largest absolute Gasteiger partial charge is 0.457 e. The Labute approximate surface area is 276 Å². The summed E-state index contributed by atoms with van der Waals surface area (Å²) in [5, 5.41) is 34.7. The van der Waals surface area contributed by atoms with Crippen molar-refractivity contribution in [2.24, 2.45) is 4.99 Å². The van der Waals surface area contributed by atoms with Crippen LogP contribution in [0.4, 0.5) is 5.69 Å². The topological polar surface area (TPSA) is 148 Å². The third-order valence-corrected chi connectivity index (χ3v) is 8.87. The van der Waals surface area contributed by atoms with Gasteiger partial charge in [0.15, 0.2) is 11.6 Å². The first kappa shape index (κ1) is 29.0. The molecule has 7 aromatic rings. The lowest BCUT2D eigenvalue weighted by Gasteiger charge is -2.08. The minimum Gasteiger partial charge on any atom is -0.457 e. The van der Waals surface area contributed by atoms with Crippen molar-refractivity contribution in [1.29, 1.82) is 0 Å². The van der Waals surface area contributed by atoms with Crippen LogP contribution < -0.4 is 9.54 Å². The van der Waals surface area contributed by atoms with Gasteiger partial charge in [0.1, 0.15) is 16.5 Å². The van der Waals surface area contributed by atoms with Gasteiger partial charge >= 0.3 is 0 Å². The minimum absolute atomic E-state index is 0.420. The number of hydrogen-bond acceptors (Lipinski definition) is 10. The molecule has 0 fully saturated rings. The molecule has 4 aromatic carbocycles. The van der Waals surface area contributed by atoms with Crippen LogP contribution in [0.2, 0.25) is 10.0 Å². The molecule has 0 aliphatic carbocycles. The van der Waals surface area contributed by atoms with E-state index in [-0.39, 0.29) is 0 Å². The second kappa shape index (κ2) is 12.7. The first-order valence-electron chi connectivity index (χ1n) is 13.2. The first-order valence-corrected chi connectivity index (χ1v) is 15.6. The Bertz CT molecular complexity index is 2180. The second-order valence-electron chi connectivity index (χ2n) is 9.53. The lowest BCUT2D eigenvalue weighted by atomic mass is 10.1. The molecule has 0 atom stereocenters. The molecule has 7 rings (SSSR count). The van der Waals surface area contributed by atoms with Gasteiger partial charge in [0.25, 0.3) is 0 Å². The van der Waals surface area contributed by atoms with Crippen LogP contribution in [-0.4, -0.2) is 51.0 Å². The molecular formula is C29H18BrCl2N11OS. The van der Waals surface area contributed by atoms with Crippen molar-refractivity contribution in [1.82, 2.24) is 51.0 Å². The van der Waals surface area contributed by atoms with E-state index in [4.69, 9.17) is 38.0 Å². The maximum absolute atomic E-state index is 6.29. The number of nitrogens with zero attached hydrogens (tertiary/aromatic N) is 9. The number of nitrogens with one attached hydrogen (secondary N) is 2. The average Bonchev–Trinajstić information content (AvgIpc) is 3.83. The van der Waals surface area contributed by atoms with E-state index in [1.54, 1.807) is 12.1 Å². The zero-order chi connectivity index (χ0) is 30.8. The van der Waals surface area contributed by atoms with Crippen LogP contribution in [0.5, 0.6) is 11.5 Å². The van der Waals surface area contributed by atoms with Gasteiger partial charge in [0.2, 0.25) is 4.80 Å². The highest BCUT2D eigenvalue weighted by Crippen LogP contribution is 2.31. The SMILES string of the molecule is Clc1ccc(/N=c2/sc(-c3cccc(Oc4cccc(-c5nnn[nH]5)c4)c3)nn2Cc2ccc(-c3nnn[nH]3)c(Br)c2)cc1Cl. The molecule has 0 amide bonds. The van der Waals surface area contributed by atoms with Crippen molar-refractivity contribution in [2.75, 3.05) is 0 Å². The van der Waals surface area contributed by atoms with Gasteiger partial charge in [0.05, 0.1) is 22.3 Å². The maximum atomic E-state index is 6.29. The molecule has 3 heterocycles. The number of ether oxygens (including phenoxy) is 1. The average molecular weight is 719 g/mol. The summed E-state index contributed by atoms with van der Waals surface area (Å²) >= 11 is 17.5. The van der Waals surface area contributed by atoms with E-state index in [1.807, 2.05) is 77.5 Å². The number of rotatable bonds is 8. The third kappa shape index (κ3) is 6.54. The van der Waals surface area contributed by atoms with Crippen LogP contribution in [-0.2, 0) is 6.54 Å². The fourth-order valence-electron chi connectivity index (χ4n) is 4.39. The van der Waals surface area contributed by atoms with Crippen molar-refractivity contribution >= 4 is 56.2 Å². The van der Waals surface area contributed by atoms with Gasteiger partial charge in [0, 0.05) is 21.2 Å². The molecule has 0 bridgehead atoms. The molecule has 0 aliphatic heterocycles. The molecule has 0 saturated heterocycles. The summed E-state index contributed by atoms with van der Waals surface area (Å²) in [5.41, 5.74) is 4.16. The molecular weight excluding hydrogens is 701 g/mol. The molecule has 2 N–H and O–H groups in total. The van der Waals surface area contributed by atoms with Gasteiger partial charge in [-0.1, -0.05) is 80.8 Å². The molecule has 0 saturated carbocycles. The Morgan fingerprint density at radius 2 is 1.53 bits per heavy atom. The van der Waals surface area contributed by atoms with Gasteiger partial charge in [-0.3, -0.25) is 0 Å². The molecule has 45 heavy (non-hydrogen) atoms. The number of benzene rings is 4. The van der Waals surface area contributed by atoms with Crippen molar-refractivity contribution in [2.45, 2.75) is 6.54 Å². The highest BCUT2D eigenvalue weighted by atomic mass is 79.9. The first-order chi connectivity index (χ1) is 22.0. The van der Waals surface area contributed by atoms with Crippen LogP contribution in [0.3, 0.4) is 0 Å². The maximum Gasteiger partial charge on any atom is 0.208 e. The quantitative estimate of drug-likeness (QED) is 0.169. The van der Waals surface area contributed by atoms with Gasteiger partial charge < -0.3 is 4.74 Å². The summed E-state index contributed by atoms with van der Waals surface area (Å²) in [5.74, 6) is 2.40. The van der Waals surface area contributed by atoms with Crippen molar-refractivity contribution < 1.29 is 4.74 Å². The summed E-state index contributed by atoms with van der Waals surface area (Å²) in [6.07, 6.45) is 0. The minimum atomic E-state index is 0.420. The number of hydrogen-bond donors (Lipinski definition) is 2. The van der Waals surface area contributed by atoms with Gasteiger partial charge in [-0.05, 0) is 81.0 Å². The molecule has 0 spiro atoms. The molecule has 222 valence electrons. The Hall–Kier alpha value is -4.76. The van der Waals surface area contributed by atoms with Crippen molar-refractivity contribution in [3.05, 3.63) is 110 Å². The lowest BCUT2D eigenvalue weighted by molar-refractivity contribution is 0.483. The molecule has 3 aromatic heterocycles. The number of halogens is 3. The summed E-state index contributed by atoms with van der Waals surface area (Å²) in [6, 6.07) is 26.4. The van der Waals surface area contributed by atoms with Crippen molar-refractivity contribution in [3.63, 3.8) is 0 Å². The van der Waals surface area contributed by atoms with Gasteiger partial charge in [-0.2, -0.15) is 5.10 Å². The Balaban J connectivity index is 1.23. The smallest absolute Gasteiger partial charge is 0.208 e. The zero-order valence-corrected chi connectivity index (χ0v) is 26.7. The van der Waals surface area contributed by atoms with E-state index in [9.17, 15) is 0 Å². The Morgan fingerprint density at radius 1 is 0.800 bits per heavy atom. The molecule has 12 nitrogen and oxygen atoms in total. The van der Waals surface area contributed by atoms with E-state index in [1.165, 1.54) is 11.3 Å². The number of aromatic nitrogens is 10. The summed E-state index contributed by atoms with van der Waals surface area (Å²) < 4.78 is 8.89. The van der Waals surface area contributed by atoms with Crippen LogP contribution in [0.1, 0.15) is 5.56 Å². The van der Waals surface area contributed by atoms with Gasteiger partial charge in [-0.15, -0.1) is 10.2 Å². The number of H-pyrrole nitrogens is 2. The number of tetrazole rings is 2. The molecule has 16 heteroatoms. The predicted octanol–water partition coefficient (Wildman–Crippen LogP) is 7.11. The van der Waals surface area contributed by atoms with Crippen LogP contribution >= 0.6 is 50.5 Å². The van der Waals surface area contributed by atoms with E-state index in [0.29, 0.717) is 50.2 Å². The Morgan fingerprint density at radius 3 is 2.24 bits per heavy atom. The fraction of sp³-hybridized carbons (Fsp3) is 0.0345. The highest BCUT2D eigenvalue weighted by Gasteiger charge is 2.13. The molecule has 0 unspecified atom stereocenters. The monoisotopic (exact) mass is 717 g/mol. The number of aromatic amines is 2. The zero-order valence-electron chi connectivity index (χ0n) is 22.8.